The molecule has 0 radical (unpaired) electrons. The van der Waals surface area contributed by atoms with Gasteiger partial charge in [0.05, 0.1) is 13.2 Å². The highest BCUT2D eigenvalue weighted by atomic mass is 32.1. The van der Waals surface area contributed by atoms with E-state index in [9.17, 15) is 8.78 Å². The molecule has 0 spiro atoms. The number of rotatable bonds is 5. The summed E-state index contributed by atoms with van der Waals surface area (Å²) in [6.45, 7) is 2.52. The van der Waals surface area contributed by atoms with E-state index < -0.39 is 17.7 Å². The number of ether oxygens (including phenoxy) is 1. The van der Waals surface area contributed by atoms with Gasteiger partial charge in [-0.25, -0.2) is 8.78 Å². The molecule has 0 aliphatic rings. The van der Waals surface area contributed by atoms with Crippen molar-refractivity contribution in [3.63, 3.8) is 0 Å². The Morgan fingerprint density at radius 1 is 1.32 bits per heavy atom. The number of thiophene rings is 1. The van der Waals surface area contributed by atoms with E-state index in [1.165, 1.54) is 30.6 Å². The Balaban J connectivity index is 2.48. The lowest BCUT2D eigenvalue weighted by Gasteiger charge is -2.19. The topological polar surface area (TPSA) is 21.3 Å². The molecule has 0 aliphatic carbocycles. The summed E-state index contributed by atoms with van der Waals surface area (Å²) in [6, 6.07) is 3.79. The molecule has 1 N–H and O–H groups in total. The number of benzene rings is 1. The smallest absolute Gasteiger partial charge is 0.134 e. The minimum atomic E-state index is -0.603. The summed E-state index contributed by atoms with van der Waals surface area (Å²) in [6.07, 6.45) is 0. The Kier molecular flexibility index (Phi) is 4.50. The lowest BCUT2D eigenvalue weighted by molar-refractivity contribution is 0.403. The van der Waals surface area contributed by atoms with Crippen LogP contribution in [0, 0.1) is 11.6 Å². The minimum Gasteiger partial charge on any atom is -0.497 e. The van der Waals surface area contributed by atoms with Crippen molar-refractivity contribution in [2.75, 3.05) is 13.7 Å². The van der Waals surface area contributed by atoms with Crippen LogP contribution in [0.1, 0.15) is 24.1 Å². The van der Waals surface area contributed by atoms with Gasteiger partial charge in [0.15, 0.2) is 0 Å². The normalized spacial score (nSPS) is 12.4. The highest BCUT2D eigenvalue weighted by molar-refractivity contribution is 7.08. The van der Waals surface area contributed by atoms with Crippen LogP contribution in [0.25, 0.3) is 0 Å². The fourth-order valence-electron chi connectivity index (χ4n) is 1.98. The van der Waals surface area contributed by atoms with Crippen LogP contribution in [0.15, 0.2) is 29.0 Å². The Labute approximate surface area is 115 Å². The number of nitrogens with one attached hydrogen (secondary N) is 1. The number of hydrogen-bond acceptors (Lipinski definition) is 3. The summed E-state index contributed by atoms with van der Waals surface area (Å²) in [4.78, 5) is 0. The van der Waals surface area contributed by atoms with Crippen LogP contribution in [-0.2, 0) is 0 Å². The van der Waals surface area contributed by atoms with Crippen molar-refractivity contribution in [1.82, 2.24) is 5.32 Å². The van der Waals surface area contributed by atoms with E-state index in [0.29, 0.717) is 6.54 Å². The van der Waals surface area contributed by atoms with Crippen molar-refractivity contribution < 1.29 is 13.5 Å². The number of halogens is 2. The SMILES string of the molecule is CCNC(c1ccsc1)c1c(F)cc(OC)cc1F. The standard InChI is InChI=1S/C14H15F2NOS/c1-3-17-14(9-4-5-19-8-9)13-11(15)6-10(18-2)7-12(13)16/h4-8,14,17H,3H2,1-2H3. The molecule has 0 saturated heterocycles. The zero-order valence-electron chi connectivity index (χ0n) is 10.7. The molecular formula is C14H15F2NOS. The molecule has 2 aromatic rings. The number of hydrogen-bond donors (Lipinski definition) is 1. The first kappa shape index (κ1) is 14.0. The molecule has 0 aliphatic heterocycles. The van der Waals surface area contributed by atoms with Gasteiger partial charge in [-0.05, 0) is 28.9 Å². The van der Waals surface area contributed by atoms with E-state index in [4.69, 9.17) is 4.74 Å². The first-order valence-corrected chi connectivity index (χ1v) is 6.90. The predicted molar refractivity (Wildman–Crippen MR) is 72.7 cm³/mol. The fourth-order valence-corrected chi connectivity index (χ4v) is 2.67. The molecule has 2 nitrogen and oxygen atoms in total. The maximum Gasteiger partial charge on any atom is 0.134 e. The van der Waals surface area contributed by atoms with Crippen molar-refractivity contribution in [3.8, 4) is 5.75 Å². The van der Waals surface area contributed by atoms with Crippen LogP contribution in [0.4, 0.5) is 8.78 Å². The summed E-state index contributed by atoms with van der Waals surface area (Å²) in [7, 11) is 1.38. The zero-order valence-corrected chi connectivity index (χ0v) is 11.6. The molecule has 1 atom stereocenters. The average molecular weight is 283 g/mol. The second-order valence-corrected chi connectivity index (χ2v) is 4.83. The van der Waals surface area contributed by atoms with Crippen LogP contribution in [-0.4, -0.2) is 13.7 Å². The second kappa shape index (κ2) is 6.12. The second-order valence-electron chi connectivity index (χ2n) is 4.05. The van der Waals surface area contributed by atoms with E-state index in [0.717, 1.165) is 5.56 Å². The van der Waals surface area contributed by atoms with Gasteiger partial charge >= 0.3 is 0 Å². The Hall–Kier alpha value is -1.46. The van der Waals surface area contributed by atoms with Gasteiger partial charge in [0, 0.05) is 17.7 Å². The van der Waals surface area contributed by atoms with Gasteiger partial charge in [-0.3, -0.25) is 0 Å². The molecule has 0 amide bonds. The molecule has 1 heterocycles. The molecule has 0 bridgehead atoms. The summed E-state index contributed by atoms with van der Waals surface area (Å²) in [5.74, 6) is -1.03. The zero-order chi connectivity index (χ0) is 13.8. The Morgan fingerprint density at radius 2 is 2.00 bits per heavy atom. The van der Waals surface area contributed by atoms with Gasteiger partial charge in [-0.2, -0.15) is 11.3 Å². The molecule has 0 fully saturated rings. The lowest BCUT2D eigenvalue weighted by atomic mass is 9.99. The summed E-state index contributed by atoms with van der Waals surface area (Å²) in [5.41, 5.74) is 0.885. The molecule has 19 heavy (non-hydrogen) atoms. The van der Waals surface area contributed by atoms with Crippen molar-refractivity contribution in [1.29, 1.82) is 0 Å². The van der Waals surface area contributed by atoms with E-state index in [2.05, 4.69) is 5.32 Å². The highest BCUT2D eigenvalue weighted by Crippen LogP contribution is 2.30. The first-order valence-electron chi connectivity index (χ1n) is 5.95. The van der Waals surface area contributed by atoms with Gasteiger partial charge in [0.1, 0.15) is 17.4 Å². The van der Waals surface area contributed by atoms with Crippen molar-refractivity contribution in [3.05, 3.63) is 51.7 Å². The van der Waals surface area contributed by atoms with Crippen LogP contribution < -0.4 is 10.1 Å². The van der Waals surface area contributed by atoms with Crippen molar-refractivity contribution in [2.24, 2.45) is 0 Å². The molecular weight excluding hydrogens is 268 g/mol. The van der Waals surface area contributed by atoms with Crippen molar-refractivity contribution >= 4 is 11.3 Å². The van der Waals surface area contributed by atoms with Gasteiger partial charge < -0.3 is 10.1 Å². The van der Waals surface area contributed by atoms with E-state index in [1.807, 2.05) is 23.8 Å². The Morgan fingerprint density at radius 3 is 2.47 bits per heavy atom. The minimum absolute atomic E-state index is 0.0288. The molecule has 102 valence electrons. The van der Waals surface area contributed by atoms with Gasteiger partial charge in [0.25, 0.3) is 0 Å². The predicted octanol–water partition coefficient (Wildman–Crippen LogP) is 3.73. The van der Waals surface area contributed by atoms with E-state index in [-0.39, 0.29) is 11.3 Å². The largest absolute Gasteiger partial charge is 0.497 e. The van der Waals surface area contributed by atoms with E-state index in [1.54, 1.807) is 0 Å². The van der Waals surface area contributed by atoms with Crippen LogP contribution in [0.5, 0.6) is 5.75 Å². The van der Waals surface area contributed by atoms with Crippen LogP contribution in [0.2, 0.25) is 0 Å². The maximum atomic E-state index is 14.1. The molecule has 1 aromatic carbocycles. The van der Waals surface area contributed by atoms with Gasteiger partial charge in [-0.1, -0.05) is 6.92 Å². The fraction of sp³-hybridized carbons (Fsp3) is 0.286. The maximum absolute atomic E-state index is 14.1. The van der Waals surface area contributed by atoms with Crippen LogP contribution in [0.3, 0.4) is 0 Å². The van der Waals surface area contributed by atoms with Gasteiger partial charge in [-0.15, -0.1) is 0 Å². The third-order valence-corrected chi connectivity index (χ3v) is 3.56. The van der Waals surface area contributed by atoms with Crippen LogP contribution >= 0.6 is 11.3 Å². The molecule has 5 heteroatoms. The Bertz CT molecular complexity index is 519. The third-order valence-electron chi connectivity index (χ3n) is 2.86. The average Bonchev–Trinajstić information content (AvgIpc) is 2.90. The highest BCUT2D eigenvalue weighted by Gasteiger charge is 2.22. The lowest BCUT2D eigenvalue weighted by Crippen LogP contribution is -2.23. The number of methoxy groups -OCH3 is 1. The van der Waals surface area contributed by atoms with Crippen molar-refractivity contribution in [2.45, 2.75) is 13.0 Å². The molecule has 0 saturated carbocycles. The quantitative estimate of drug-likeness (QED) is 0.902. The first-order chi connectivity index (χ1) is 9.17. The monoisotopic (exact) mass is 283 g/mol. The molecule has 1 aromatic heterocycles. The molecule has 2 rings (SSSR count). The summed E-state index contributed by atoms with van der Waals surface area (Å²) >= 11 is 1.50. The third kappa shape index (κ3) is 2.93. The van der Waals surface area contributed by atoms with E-state index >= 15 is 0 Å². The summed E-state index contributed by atoms with van der Waals surface area (Å²) < 4.78 is 33.1. The molecule has 1 unspecified atom stereocenters. The summed E-state index contributed by atoms with van der Waals surface area (Å²) in [5, 5.41) is 6.88. The van der Waals surface area contributed by atoms with Gasteiger partial charge in [0.2, 0.25) is 0 Å².